The third-order valence-electron chi connectivity index (χ3n) is 4.52. The summed E-state index contributed by atoms with van der Waals surface area (Å²) in [7, 11) is 0. The maximum absolute atomic E-state index is 12.9. The van der Waals surface area contributed by atoms with Gasteiger partial charge in [0.25, 0.3) is 5.91 Å². The zero-order chi connectivity index (χ0) is 15.7. The number of carbonyl (C=O) groups is 1. The van der Waals surface area contributed by atoms with Gasteiger partial charge in [0.1, 0.15) is 5.69 Å². The van der Waals surface area contributed by atoms with Crippen LogP contribution in [0.15, 0.2) is 12.1 Å². The molecule has 1 aliphatic heterocycles. The van der Waals surface area contributed by atoms with Crippen LogP contribution in [0.2, 0.25) is 0 Å². The van der Waals surface area contributed by atoms with Crippen LogP contribution in [0.5, 0.6) is 0 Å². The van der Waals surface area contributed by atoms with Gasteiger partial charge >= 0.3 is 0 Å². The van der Waals surface area contributed by atoms with Gasteiger partial charge in [0.2, 0.25) is 0 Å². The van der Waals surface area contributed by atoms with E-state index in [1.807, 2.05) is 28.5 Å². The molecule has 2 aromatic rings. The Labute approximate surface area is 131 Å². The summed E-state index contributed by atoms with van der Waals surface area (Å²) in [5, 5.41) is 4.46. The Morgan fingerprint density at radius 2 is 2.14 bits per heavy atom. The summed E-state index contributed by atoms with van der Waals surface area (Å²) in [5.74, 6) is 0.0606. The number of aromatic nitrogens is 3. The summed E-state index contributed by atoms with van der Waals surface area (Å²) in [4.78, 5) is 19.5. The van der Waals surface area contributed by atoms with Crippen molar-refractivity contribution in [1.29, 1.82) is 0 Å². The fourth-order valence-electron chi connectivity index (χ4n) is 3.24. The fourth-order valence-corrected chi connectivity index (χ4v) is 3.24. The zero-order valence-corrected chi connectivity index (χ0v) is 13.7. The van der Waals surface area contributed by atoms with Crippen molar-refractivity contribution in [2.24, 2.45) is 0 Å². The number of likely N-dealkylation sites (tertiary alicyclic amines) is 1. The molecule has 2 aromatic heterocycles. The van der Waals surface area contributed by atoms with Gasteiger partial charge in [-0.05, 0) is 39.2 Å². The first-order valence-corrected chi connectivity index (χ1v) is 8.27. The molecule has 0 unspecified atom stereocenters. The third-order valence-corrected chi connectivity index (χ3v) is 4.52. The molecule has 0 saturated carbocycles. The highest BCUT2D eigenvalue weighted by atomic mass is 16.2. The van der Waals surface area contributed by atoms with Crippen molar-refractivity contribution in [3.05, 3.63) is 29.2 Å². The Morgan fingerprint density at radius 3 is 2.91 bits per heavy atom. The number of carbonyl (C=O) groups excluding carboxylic acids is 1. The van der Waals surface area contributed by atoms with Crippen molar-refractivity contribution in [3.8, 4) is 0 Å². The molecule has 0 radical (unpaired) electrons. The van der Waals surface area contributed by atoms with Gasteiger partial charge in [0, 0.05) is 24.3 Å². The zero-order valence-electron chi connectivity index (χ0n) is 13.7. The van der Waals surface area contributed by atoms with Gasteiger partial charge in [-0.1, -0.05) is 19.8 Å². The largest absolute Gasteiger partial charge is 0.335 e. The minimum Gasteiger partial charge on any atom is -0.335 e. The molecular weight excluding hydrogens is 276 g/mol. The maximum atomic E-state index is 12.9. The van der Waals surface area contributed by atoms with Crippen LogP contribution in [0.3, 0.4) is 0 Å². The average molecular weight is 300 g/mol. The molecule has 0 bridgehead atoms. The molecule has 1 fully saturated rings. The second-order valence-corrected chi connectivity index (χ2v) is 6.24. The summed E-state index contributed by atoms with van der Waals surface area (Å²) in [6, 6.07) is 4.13. The third kappa shape index (κ3) is 2.72. The van der Waals surface area contributed by atoms with Gasteiger partial charge in [-0.15, -0.1) is 0 Å². The van der Waals surface area contributed by atoms with E-state index < -0.39 is 0 Å². The summed E-state index contributed by atoms with van der Waals surface area (Å²) < 4.78 is 1.85. The van der Waals surface area contributed by atoms with Gasteiger partial charge in [-0.2, -0.15) is 5.10 Å². The minimum absolute atomic E-state index is 0.0606. The van der Waals surface area contributed by atoms with E-state index >= 15 is 0 Å². The van der Waals surface area contributed by atoms with Crippen molar-refractivity contribution in [2.75, 3.05) is 6.54 Å². The van der Waals surface area contributed by atoms with Crippen LogP contribution in [-0.4, -0.2) is 38.0 Å². The fraction of sp³-hybridized carbons (Fsp3) is 0.588. The Kier molecular flexibility index (Phi) is 4.14. The molecule has 1 aliphatic rings. The second-order valence-electron chi connectivity index (χ2n) is 6.24. The summed E-state index contributed by atoms with van der Waals surface area (Å²) in [5.41, 5.74) is 3.28. The maximum Gasteiger partial charge on any atom is 0.272 e. The SMILES string of the molecule is CCc1cc(C(=O)N2CCCCC[C@H]2C)nc2cc(C)nn12. The summed E-state index contributed by atoms with van der Waals surface area (Å²) in [6.07, 6.45) is 5.42. The van der Waals surface area contributed by atoms with E-state index in [2.05, 4.69) is 23.9 Å². The number of hydrogen-bond donors (Lipinski definition) is 0. The lowest BCUT2D eigenvalue weighted by atomic mass is 10.1. The molecule has 5 nitrogen and oxygen atoms in total. The lowest BCUT2D eigenvalue weighted by Gasteiger charge is -2.27. The van der Waals surface area contributed by atoms with Gasteiger partial charge in [0.05, 0.1) is 5.69 Å². The van der Waals surface area contributed by atoms with Gasteiger partial charge in [-0.25, -0.2) is 9.50 Å². The number of nitrogens with zero attached hydrogens (tertiary/aromatic N) is 4. The van der Waals surface area contributed by atoms with Gasteiger partial charge < -0.3 is 4.90 Å². The van der Waals surface area contributed by atoms with Crippen LogP contribution in [0.4, 0.5) is 0 Å². The lowest BCUT2D eigenvalue weighted by Crippen LogP contribution is -2.38. The predicted octanol–water partition coefficient (Wildman–Crippen LogP) is 3.00. The first kappa shape index (κ1) is 15.0. The molecule has 1 amide bonds. The number of amides is 1. The highest BCUT2D eigenvalue weighted by Crippen LogP contribution is 2.19. The molecule has 1 saturated heterocycles. The summed E-state index contributed by atoms with van der Waals surface area (Å²) in [6.45, 7) is 7.01. The van der Waals surface area contributed by atoms with Gasteiger partial charge in [0.15, 0.2) is 5.65 Å². The Bertz CT molecular complexity index is 691. The molecule has 118 valence electrons. The highest BCUT2D eigenvalue weighted by molar-refractivity contribution is 5.93. The minimum atomic E-state index is 0.0606. The van der Waals surface area contributed by atoms with Crippen LogP contribution < -0.4 is 0 Å². The molecule has 0 aromatic carbocycles. The smallest absolute Gasteiger partial charge is 0.272 e. The van der Waals surface area contributed by atoms with Crippen LogP contribution in [0, 0.1) is 6.92 Å². The first-order chi connectivity index (χ1) is 10.6. The molecule has 3 heterocycles. The quantitative estimate of drug-likeness (QED) is 0.856. The highest BCUT2D eigenvalue weighted by Gasteiger charge is 2.25. The van der Waals surface area contributed by atoms with Crippen molar-refractivity contribution in [1.82, 2.24) is 19.5 Å². The Balaban J connectivity index is 1.99. The van der Waals surface area contributed by atoms with Crippen molar-refractivity contribution in [2.45, 2.75) is 58.9 Å². The normalized spacial score (nSPS) is 19.4. The van der Waals surface area contributed by atoms with E-state index in [-0.39, 0.29) is 5.91 Å². The van der Waals surface area contributed by atoms with Crippen molar-refractivity contribution < 1.29 is 4.79 Å². The van der Waals surface area contributed by atoms with Crippen LogP contribution in [-0.2, 0) is 6.42 Å². The van der Waals surface area contributed by atoms with E-state index in [9.17, 15) is 4.79 Å². The monoisotopic (exact) mass is 300 g/mol. The molecule has 0 aliphatic carbocycles. The van der Waals surface area contributed by atoms with E-state index in [0.717, 1.165) is 42.8 Å². The number of aryl methyl sites for hydroxylation is 2. The van der Waals surface area contributed by atoms with E-state index in [1.54, 1.807) is 0 Å². The number of hydrogen-bond acceptors (Lipinski definition) is 3. The molecule has 1 atom stereocenters. The Morgan fingerprint density at radius 1 is 1.32 bits per heavy atom. The lowest BCUT2D eigenvalue weighted by molar-refractivity contribution is 0.0692. The molecular formula is C17H24N4O. The molecule has 5 heteroatoms. The predicted molar refractivity (Wildman–Crippen MR) is 86.1 cm³/mol. The van der Waals surface area contributed by atoms with E-state index in [1.165, 1.54) is 12.8 Å². The van der Waals surface area contributed by atoms with Crippen LogP contribution in [0.1, 0.15) is 61.4 Å². The first-order valence-electron chi connectivity index (χ1n) is 8.27. The van der Waals surface area contributed by atoms with Crippen molar-refractivity contribution in [3.63, 3.8) is 0 Å². The van der Waals surface area contributed by atoms with Crippen LogP contribution in [0.25, 0.3) is 5.65 Å². The number of fused-ring (bicyclic) bond motifs is 1. The second kappa shape index (κ2) is 6.07. The van der Waals surface area contributed by atoms with Gasteiger partial charge in [-0.3, -0.25) is 4.79 Å². The van der Waals surface area contributed by atoms with E-state index in [0.29, 0.717) is 11.7 Å². The standard InChI is InChI=1S/C17H24N4O/c1-4-14-11-15(18-16-10-12(2)19-21(14)16)17(22)20-9-7-5-6-8-13(20)3/h10-11,13H,4-9H2,1-3H3/t13-/m1/s1. The Hall–Kier alpha value is -1.91. The molecule has 0 N–H and O–H groups in total. The molecule has 22 heavy (non-hydrogen) atoms. The molecule has 0 spiro atoms. The van der Waals surface area contributed by atoms with E-state index in [4.69, 9.17) is 0 Å². The average Bonchev–Trinajstić information content (AvgIpc) is 2.75. The topological polar surface area (TPSA) is 50.5 Å². The number of rotatable bonds is 2. The van der Waals surface area contributed by atoms with Crippen LogP contribution >= 0.6 is 0 Å². The molecule has 3 rings (SSSR count). The van der Waals surface area contributed by atoms with Crippen molar-refractivity contribution >= 4 is 11.6 Å². The summed E-state index contributed by atoms with van der Waals surface area (Å²) >= 11 is 0.